The first kappa shape index (κ1) is 32.7. The Morgan fingerprint density at radius 2 is 1.88 bits per heavy atom. The van der Waals surface area contributed by atoms with Gasteiger partial charge in [-0.25, -0.2) is 4.79 Å². The second-order valence-electron chi connectivity index (χ2n) is 9.26. The highest BCUT2D eigenvalue weighted by atomic mass is 32.2. The fraction of sp³-hybridized carbons (Fsp3) is 0.560. The number of rotatable bonds is 13. The monoisotopic (exact) mass is 581 g/mol. The van der Waals surface area contributed by atoms with Gasteiger partial charge in [-0.15, -0.1) is 0 Å². The standard InChI is InChI=1S/C25H39N7O7S/c1-15(20(33)30-18-9-6-11-32(22(18)35)24(27)28)29-21(34)19(14-38-23(36)17(26)10-12-40-2)31-25(37)39-13-16-7-4-3-5-8-16/h3-5,7-8,15,17-19,22,35H,6,9-14,26H2,1-2H3,(H3,27,28)(H,29,34)(H,30,33)(H,31,37)/t15-,17+,18-,19+,22?/m0/s1. The third-order valence-electron chi connectivity index (χ3n) is 6.13. The number of nitrogens with zero attached hydrogens (tertiary/aromatic N) is 1. The summed E-state index contributed by atoms with van der Waals surface area (Å²) in [4.78, 5) is 51.8. The Labute approximate surface area is 237 Å². The van der Waals surface area contributed by atoms with Gasteiger partial charge in [0, 0.05) is 6.54 Å². The van der Waals surface area contributed by atoms with Crippen molar-refractivity contribution in [2.45, 2.75) is 63.2 Å². The summed E-state index contributed by atoms with van der Waals surface area (Å²) in [5.41, 5.74) is 12.0. The van der Waals surface area contributed by atoms with Gasteiger partial charge >= 0.3 is 12.1 Å². The Morgan fingerprint density at radius 1 is 1.18 bits per heavy atom. The molecule has 1 aliphatic heterocycles. The number of likely N-dealkylation sites (tertiary alicyclic amines) is 1. The van der Waals surface area contributed by atoms with Crippen molar-refractivity contribution in [3.05, 3.63) is 35.9 Å². The largest absolute Gasteiger partial charge is 0.462 e. The highest BCUT2D eigenvalue weighted by Crippen LogP contribution is 2.15. The van der Waals surface area contributed by atoms with Crippen LogP contribution < -0.4 is 27.4 Å². The van der Waals surface area contributed by atoms with Crippen molar-refractivity contribution in [2.24, 2.45) is 11.5 Å². The Balaban J connectivity index is 2.00. The van der Waals surface area contributed by atoms with Crippen molar-refractivity contribution in [3.8, 4) is 0 Å². The molecule has 1 aliphatic rings. The molecule has 15 heteroatoms. The molecule has 1 fully saturated rings. The number of aliphatic hydroxyl groups is 1. The summed E-state index contributed by atoms with van der Waals surface area (Å²) in [5.74, 6) is -1.83. The van der Waals surface area contributed by atoms with Crippen LogP contribution in [0.1, 0.15) is 31.7 Å². The molecule has 1 aromatic rings. The summed E-state index contributed by atoms with van der Waals surface area (Å²) >= 11 is 1.51. The third-order valence-corrected chi connectivity index (χ3v) is 6.78. The Bertz CT molecular complexity index is 1020. The lowest BCUT2D eigenvalue weighted by Crippen LogP contribution is -2.61. The number of hydrogen-bond donors (Lipinski definition) is 7. The first-order valence-corrected chi connectivity index (χ1v) is 14.2. The van der Waals surface area contributed by atoms with E-state index in [1.165, 1.54) is 23.6 Å². The zero-order valence-electron chi connectivity index (χ0n) is 22.6. The molecule has 0 spiro atoms. The fourth-order valence-corrected chi connectivity index (χ4v) is 4.29. The molecule has 0 saturated carbocycles. The number of benzene rings is 1. The quantitative estimate of drug-likeness (QED) is 0.0868. The van der Waals surface area contributed by atoms with Gasteiger partial charge in [-0.05, 0) is 43.8 Å². The molecule has 1 heterocycles. The number of thioether (sulfide) groups is 1. The molecule has 1 unspecified atom stereocenters. The van der Waals surface area contributed by atoms with Crippen LogP contribution >= 0.6 is 11.8 Å². The zero-order chi connectivity index (χ0) is 29.7. The van der Waals surface area contributed by atoms with Crippen LogP contribution in [0.3, 0.4) is 0 Å². The van der Waals surface area contributed by atoms with E-state index in [1.807, 2.05) is 12.3 Å². The molecule has 2 rings (SSSR count). The van der Waals surface area contributed by atoms with E-state index in [4.69, 9.17) is 26.4 Å². The predicted molar refractivity (Wildman–Crippen MR) is 149 cm³/mol. The second-order valence-corrected chi connectivity index (χ2v) is 10.2. The highest BCUT2D eigenvalue weighted by Gasteiger charge is 2.33. The molecular weight excluding hydrogens is 542 g/mol. The summed E-state index contributed by atoms with van der Waals surface area (Å²) in [6, 6.07) is 4.81. The summed E-state index contributed by atoms with van der Waals surface area (Å²) < 4.78 is 10.4. The number of aliphatic hydroxyl groups excluding tert-OH is 1. The van der Waals surface area contributed by atoms with Crippen LogP contribution in [-0.2, 0) is 30.5 Å². The van der Waals surface area contributed by atoms with Crippen molar-refractivity contribution >= 4 is 41.6 Å². The molecule has 14 nitrogen and oxygen atoms in total. The number of nitrogens with one attached hydrogen (secondary N) is 4. The maximum absolute atomic E-state index is 13.0. The van der Waals surface area contributed by atoms with Crippen molar-refractivity contribution in [2.75, 3.05) is 25.2 Å². The first-order chi connectivity index (χ1) is 19.0. The minimum absolute atomic E-state index is 0.0554. The van der Waals surface area contributed by atoms with Crippen molar-refractivity contribution in [1.82, 2.24) is 20.9 Å². The molecule has 1 saturated heterocycles. The summed E-state index contributed by atoms with van der Waals surface area (Å²) in [6.07, 6.45) is 1.15. The maximum atomic E-state index is 13.0. The minimum atomic E-state index is -1.39. The zero-order valence-corrected chi connectivity index (χ0v) is 23.4. The SMILES string of the molecule is CSCC[C@@H](N)C(=O)OC[C@@H](NC(=O)OCc1ccccc1)C(=O)N[C@@H](C)C(=O)N[C@H]1CCCN(C(=N)N)C1O. The van der Waals surface area contributed by atoms with Gasteiger partial charge in [0.1, 0.15) is 37.6 Å². The molecule has 0 bridgehead atoms. The van der Waals surface area contributed by atoms with Crippen LogP contribution in [0.5, 0.6) is 0 Å². The van der Waals surface area contributed by atoms with E-state index < -0.39 is 60.9 Å². The van der Waals surface area contributed by atoms with Gasteiger partial charge in [-0.2, -0.15) is 11.8 Å². The van der Waals surface area contributed by atoms with Gasteiger partial charge in [0.15, 0.2) is 5.96 Å². The Kier molecular flexibility index (Phi) is 13.5. The Hall–Kier alpha value is -3.56. The average Bonchev–Trinajstić information content (AvgIpc) is 2.93. The number of piperidine rings is 1. The van der Waals surface area contributed by atoms with E-state index in [9.17, 15) is 24.3 Å². The molecule has 40 heavy (non-hydrogen) atoms. The van der Waals surface area contributed by atoms with Crippen LogP contribution in [0.25, 0.3) is 0 Å². The molecule has 1 aromatic carbocycles. The lowest BCUT2D eigenvalue weighted by atomic mass is 10.0. The van der Waals surface area contributed by atoms with E-state index in [0.717, 1.165) is 5.56 Å². The van der Waals surface area contributed by atoms with Gasteiger partial charge in [-0.1, -0.05) is 30.3 Å². The number of alkyl carbamates (subject to hydrolysis) is 1. The molecule has 0 radical (unpaired) electrons. The van der Waals surface area contributed by atoms with E-state index in [-0.39, 0.29) is 12.6 Å². The van der Waals surface area contributed by atoms with Gasteiger partial charge in [0.25, 0.3) is 0 Å². The van der Waals surface area contributed by atoms with Crippen molar-refractivity contribution < 1.29 is 33.8 Å². The van der Waals surface area contributed by atoms with Crippen molar-refractivity contribution in [3.63, 3.8) is 0 Å². The number of hydrogen-bond acceptors (Lipinski definition) is 10. The lowest BCUT2D eigenvalue weighted by molar-refractivity contribution is -0.147. The summed E-state index contributed by atoms with van der Waals surface area (Å²) in [6.45, 7) is 1.20. The molecule has 9 N–H and O–H groups in total. The number of guanidine groups is 1. The van der Waals surface area contributed by atoms with Gasteiger partial charge in [0.05, 0.1) is 6.04 Å². The topological polar surface area (TPSA) is 222 Å². The van der Waals surface area contributed by atoms with Crippen LogP contribution in [0, 0.1) is 5.41 Å². The molecule has 0 aliphatic carbocycles. The lowest BCUT2D eigenvalue weighted by Gasteiger charge is -2.38. The highest BCUT2D eigenvalue weighted by molar-refractivity contribution is 7.98. The van der Waals surface area contributed by atoms with E-state index in [1.54, 1.807) is 24.3 Å². The van der Waals surface area contributed by atoms with Crippen molar-refractivity contribution in [1.29, 1.82) is 5.41 Å². The predicted octanol–water partition coefficient (Wildman–Crippen LogP) is -0.798. The number of carbonyl (C=O) groups is 4. The maximum Gasteiger partial charge on any atom is 0.408 e. The van der Waals surface area contributed by atoms with Crippen LogP contribution in [0.4, 0.5) is 4.79 Å². The number of nitrogens with two attached hydrogens (primary N) is 2. The second kappa shape index (κ2) is 16.5. The minimum Gasteiger partial charge on any atom is -0.462 e. The van der Waals surface area contributed by atoms with Gasteiger partial charge in [-0.3, -0.25) is 19.8 Å². The van der Waals surface area contributed by atoms with Gasteiger partial charge in [0.2, 0.25) is 11.8 Å². The molecule has 0 aromatic heterocycles. The van der Waals surface area contributed by atoms with E-state index in [2.05, 4.69) is 16.0 Å². The molecular formula is C25H39N7O7S. The van der Waals surface area contributed by atoms with Crippen LogP contribution in [-0.4, -0.2) is 95.4 Å². The molecule has 5 atom stereocenters. The Morgan fingerprint density at radius 3 is 2.52 bits per heavy atom. The molecule has 3 amide bonds. The summed E-state index contributed by atoms with van der Waals surface area (Å²) in [5, 5.41) is 25.5. The van der Waals surface area contributed by atoms with E-state index in [0.29, 0.717) is 31.6 Å². The number of carbonyl (C=O) groups excluding carboxylic acids is 4. The number of amides is 3. The fourth-order valence-electron chi connectivity index (χ4n) is 3.80. The first-order valence-electron chi connectivity index (χ1n) is 12.8. The smallest absolute Gasteiger partial charge is 0.408 e. The van der Waals surface area contributed by atoms with Crippen LogP contribution in [0.2, 0.25) is 0 Å². The average molecular weight is 582 g/mol. The number of esters is 1. The summed E-state index contributed by atoms with van der Waals surface area (Å²) in [7, 11) is 0. The molecule has 222 valence electrons. The third kappa shape index (κ3) is 10.5. The normalized spacial score (nSPS) is 18.9. The van der Waals surface area contributed by atoms with Gasteiger partial charge < -0.3 is 46.9 Å². The van der Waals surface area contributed by atoms with Crippen LogP contribution in [0.15, 0.2) is 30.3 Å². The van der Waals surface area contributed by atoms with E-state index >= 15 is 0 Å². The number of ether oxygens (including phenoxy) is 2.